The average molecular weight is 556 g/mol. The lowest BCUT2D eigenvalue weighted by Gasteiger charge is -2.45. The van der Waals surface area contributed by atoms with Gasteiger partial charge >= 0.3 is 12.4 Å². The minimum Gasteiger partial charge on any atom is -0.484 e. The SMILES string of the molecule is O=C([C@@H]1CNC[C@]12CNCc1c(OCC(F)(F)F)cccc12)N1CC[C@@H](c2ccccc2)C[C@H]1CC(F)(F)F. The predicted molar refractivity (Wildman–Crippen MR) is 132 cm³/mol. The second-order valence-electron chi connectivity index (χ2n) is 10.8. The van der Waals surface area contributed by atoms with E-state index in [9.17, 15) is 31.1 Å². The molecule has 212 valence electrons. The first-order valence-corrected chi connectivity index (χ1v) is 13.1. The molecule has 0 saturated carbocycles. The molecule has 5 rings (SSSR count). The fraction of sp³-hybridized carbons (Fsp3) is 0.536. The van der Waals surface area contributed by atoms with E-state index in [4.69, 9.17) is 4.74 Å². The van der Waals surface area contributed by atoms with Crippen LogP contribution >= 0.6 is 0 Å². The number of carbonyl (C=O) groups excluding carboxylic acids is 1. The molecule has 0 aliphatic carbocycles. The molecule has 1 amide bonds. The van der Waals surface area contributed by atoms with E-state index in [1.807, 2.05) is 30.3 Å². The molecular weight excluding hydrogens is 524 g/mol. The summed E-state index contributed by atoms with van der Waals surface area (Å²) in [5, 5.41) is 6.46. The van der Waals surface area contributed by atoms with E-state index < -0.39 is 42.8 Å². The van der Waals surface area contributed by atoms with Crippen molar-refractivity contribution in [3.63, 3.8) is 0 Å². The fourth-order valence-electron chi connectivity index (χ4n) is 6.60. The van der Waals surface area contributed by atoms with E-state index in [1.165, 1.54) is 11.0 Å². The molecule has 5 nitrogen and oxygen atoms in total. The van der Waals surface area contributed by atoms with Crippen LogP contribution in [-0.4, -0.2) is 62.0 Å². The normalized spacial score (nSPS) is 27.4. The van der Waals surface area contributed by atoms with Crippen LogP contribution in [0.2, 0.25) is 0 Å². The third kappa shape index (κ3) is 5.89. The number of hydrogen-bond acceptors (Lipinski definition) is 4. The quantitative estimate of drug-likeness (QED) is 0.515. The van der Waals surface area contributed by atoms with Crippen LogP contribution in [0.1, 0.15) is 41.9 Å². The number of hydrogen-bond donors (Lipinski definition) is 2. The lowest BCUT2D eigenvalue weighted by molar-refractivity contribution is -0.160. The van der Waals surface area contributed by atoms with Crippen LogP contribution in [0.15, 0.2) is 48.5 Å². The van der Waals surface area contributed by atoms with Crippen molar-refractivity contribution >= 4 is 5.91 Å². The highest BCUT2D eigenvalue weighted by atomic mass is 19.4. The Bertz CT molecular complexity index is 1170. The van der Waals surface area contributed by atoms with Gasteiger partial charge in [-0.05, 0) is 36.0 Å². The molecule has 0 radical (unpaired) electrons. The number of likely N-dealkylation sites (tertiary alicyclic amines) is 1. The fourth-order valence-corrected chi connectivity index (χ4v) is 6.60. The molecule has 1 spiro atoms. The number of fused-ring (bicyclic) bond motifs is 2. The van der Waals surface area contributed by atoms with Crippen molar-refractivity contribution in [2.24, 2.45) is 5.92 Å². The summed E-state index contributed by atoms with van der Waals surface area (Å²) in [5.74, 6) is -1.01. The van der Waals surface area contributed by atoms with Crippen LogP contribution in [0.3, 0.4) is 0 Å². The van der Waals surface area contributed by atoms with Crippen molar-refractivity contribution < 1.29 is 35.9 Å². The van der Waals surface area contributed by atoms with Crippen molar-refractivity contribution in [1.82, 2.24) is 15.5 Å². The standard InChI is InChI=1S/C28H31F6N3O2/c29-27(30,31)12-20-11-19(18-5-2-1-3-6-18)9-10-37(20)25(38)23-14-36-16-26(23)15-35-13-21-22(26)7-4-8-24(21)39-17-28(32,33)34/h1-8,19-20,23,35-36H,9-17H2/t19-,20+,23+,26+/m1/s1. The van der Waals surface area contributed by atoms with E-state index in [1.54, 1.807) is 12.1 Å². The molecule has 39 heavy (non-hydrogen) atoms. The number of alkyl halides is 6. The second-order valence-corrected chi connectivity index (χ2v) is 10.8. The van der Waals surface area contributed by atoms with Gasteiger partial charge in [-0.25, -0.2) is 0 Å². The van der Waals surface area contributed by atoms with Gasteiger partial charge in [0.05, 0.1) is 12.3 Å². The van der Waals surface area contributed by atoms with Crippen molar-refractivity contribution in [2.45, 2.75) is 55.5 Å². The highest BCUT2D eigenvalue weighted by Crippen LogP contribution is 2.45. The van der Waals surface area contributed by atoms with Gasteiger partial charge in [0.2, 0.25) is 5.91 Å². The lowest BCUT2D eigenvalue weighted by Crippen LogP contribution is -2.56. The van der Waals surface area contributed by atoms with Crippen LogP contribution < -0.4 is 15.4 Å². The largest absolute Gasteiger partial charge is 0.484 e. The molecule has 0 bridgehead atoms. The highest BCUT2D eigenvalue weighted by Gasteiger charge is 2.53. The Morgan fingerprint density at radius 2 is 1.72 bits per heavy atom. The summed E-state index contributed by atoms with van der Waals surface area (Å²) >= 11 is 0. The summed E-state index contributed by atoms with van der Waals surface area (Å²) < 4.78 is 84.7. The molecule has 2 N–H and O–H groups in total. The minimum absolute atomic E-state index is 0.0799. The molecule has 0 aromatic heterocycles. The molecule has 4 atom stereocenters. The Hall–Kier alpha value is -2.79. The summed E-state index contributed by atoms with van der Waals surface area (Å²) in [7, 11) is 0. The Labute approximate surface area is 222 Å². The van der Waals surface area contributed by atoms with E-state index >= 15 is 0 Å². The summed E-state index contributed by atoms with van der Waals surface area (Å²) in [4.78, 5) is 15.5. The maximum Gasteiger partial charge on any atom is 0.422 e. The molecule has 11 heteroatoms. The Morgan fingerprint density at radius 3 is 2.44 bits per heavy atom. The zero-order chi connectivity index (χ0) is 27.8. The number of ether oxygens (including phenoxy) is 1. The third-order valence-electron chi connectivity index (χ3n) is 8.29. The molecule has 2 aromatic carbocycles. The number of halogens is 6. The smallest absolute Gasteiger partial charge is 0.422 e. The molecule has 2 saturated heterocycles. The zero-order valence-electron chi connectivity index (χ0n) is 21.2. The van der Waals surface area contributed by atoms with Gasteiger partial charge in [-0.3, -0.25) is 4.79 Å². The first kappa shape index (κ1) is 27.8. The van der Waals surface area contributed by atoms with E-state index in [0.717, 1.165) is 5.56 Å². The number of nitrogens with zero attached hydrogens (tertiary/aromatic N) is 1. The lowest BCUT2D eigenvalue weighted by atomic mass is 9.68. The van der Waals surface area contributed by atoms with E-state index in [-0.39, 0.29) is 43.6 Å². The second kappa shape index (κ2) is 10.6. The molecule has 2 fully saturated rings. The van der Waals surface area contributed by atoms with Crippen LogP contribution in [-0.2, 0) is 16.8 Å². The first-order valence-electron chi connectivity index (χ1n) is 13.1. The average Bonchev–Trinajstić information content (AvgIpc) is 3.30. The first-order chi connectivity index (χ1) is 18.5. The molecule has 2 aromatic rings. The summed E-state index contributed by atoms with van der Waals surface area (Å²) in [6, 6.07) is 13.3. The summed E-state index contributed by atoms with van der Waals surface area (Å²) in [6.45, 7) is 0.0521. The van der Waals surface area contributed by atoms with Gasteiger partial charge in [0.1, 0.15) is 5.75 Å². The number of piperidine rings is 1. The van der Waals surface area contributed by atoms with Gasteiger partial charge in [0, 0.05) is 49.7 Å². The monoisotopic (exact) mass is 555 g/mol. The number of amides is 1. The summed E-state index contributed by atoms with van der Waals surface area (Å²) in [6.07, 6.45) is -9.25. The van der Waals surface area contributed by atoms with Gasteiger partial charge in [-0.15, -0.1) is 0 Å². The number of carbonyl (C=O) groups is 1. The van der Waals surface area contributed by atoms with Crippen LogP contribution in [0, 0.1) is 5.92 Å². The van der Waals surface area contributed by atoms with Crippen LogP contribution in [0.4, 0.5) is 26.3 Å². The molecule has 3 aliphatic rings. The maximum atomic E-state index is 14.1. The molecule has 0 unspecified atom stereocenters. The van der Waals surface area contributed by atoms with Gasteiger partial charge in [0.25, 0.3) is 0 Å². The third-order valence-corrected chi connectivity index (χ3v) is 8.29. The maximum absolute atomic E-state index is 14.1. The van der Waals surface area contributed by atoms with Gasteiger partial charge in [0.15, 0.2) is 6.61 Å². The number of benzene rings is 2. The van der Waals surface area contributed by atoms with Crippen LogP contribution in [0.25, 0.3) is 0 Å². The van der Waals surface area contributed by atoms with Gasteiger partial charge in [-0.2, -0.15) is 26.3 Å². The number of nitrogens with one attached hydrogen (secondary N) is 2. The Morgan fingerprint density at radius 1 is 0.974 bits per heavy atom. The topological polar surface area (TPSA) is 53.6 Å². The van der Waals surface area contributed by atoms with Crippen molar-refractivity contribution in [3.05, 3.63) is 65.2 Å². The van der Waals surface area contributed by atoms with E-state index in [2.05, 4.69) is 10.6 Å². The Balaban J connectivity index is 1.43. The van der Waals surface area contributed by atoms with Gasteiger partial charge < -0.3 is 20.3 Å². The van der Waals surface area contributed by atoms with Crippen molar-refractivity contribution in [1.29, 1.82) is 0 Å². The van der Waals surface area contributed by atoms with Crippen molar-refractivity contribution in [2.75, 3.05) is 32.8 Å². The molecular formula is C28H31F6N3O2. The number of rotatable bonds is 5. The molecule has 3 heterocycles. The molecule has 3 aliphatic heterocycles. The predicted octanol–water partition coefficient (Wildman–Crippen LogP) is 4.92. The van der Waals surface area contributed by atoms with E-state index in [0.29, 0.717) is 30.6 Å². The zero-order valence-corrected chi connectivity index (χ0v) is 21.2. The van der Waals surface area contributed by atoms with Gasteiger partial charge in [-0.1, -0.05) is 42.5 Å². The highest BCUT2D eigenvalue weighted by molar-refractivity contribution is 5.82. The minimum atomic E-state index is -4.50. The van der Waals surface area contributed by atoms with Crippen LogP contribution in [0.5, 0.6) is 5.75 Å². The Kier molecular flexibility index (Phi) is 7.58. The summed E-state index contributed by atoms with van der Waals surface area (Å²) in [5.41, 5.74) is 1.40. The van der Waals surface area contributed by atoms with Crippen molar-refractivity contribution in [3.8, 4) is 5.75 Å².